The highest BCUT2D eigenvalue weighted by atomic mass is 16.5. The molecule has 1 aromatic heterocycles. The average molecular weight is 356 g/mol. The van der Waals surface area contributed by atoms with Crippen LogP contribution in [0.4, 0.5) is 0 Å². The fourth-order valence-electron chi connectivity index (χ4n) is 3.47. The summed E-state index contributed by atoms with van der Waals surface area (Å²) in [6.07, 6.45) is 1.08. The highest BCUT2D eigenvalue weighted by molar-refractivity contribution is 5.90. The number of carbonyl (C=O) groups is 1. The van der Waals surface area contributed by atoms with Crippen LogP contribution in [0.15, 0.2) is 40.8 Å². The van der Waals surface area contributed by atoms with Gasteiger partial charge in [0.2, 0.25) is 0 Å². The van der Waals surface area contributed by atoms with E-state index in [4.69, 9.17) is 14.9 Å². The van der Waals surface area contributed by atoms with Gasteiger partial charge in [-0.15, -0.1) is 0 Å². The number of nitrogens with two attached hydrogens (primary N) is 1. The van der Waals surface area contributed by atoms with Crippen LogP contribution in [0.1, 0.15) is 48.2 Å². The quantitative estimate of drug-likeness (QED) is 0.894. The molecule has 0 aliphatic carbocycles. The Morgan fingerprint density at radius 1 is 1.27 bits per heavy atom. The van der Waals surface area contributed by atoms with E-state index in [1.807, 2.05) is 6.07 Å². The van der Waals surface area contributed by atoms with E-state index in [0.29, 0.717) is 6.61 Å². The smallest absolute Gasteiger partial charge is 0.284 e. The van der Waals surface area contributed by atoms with Gasteiger partial charge in [-0.25, -0.2) is 0 Å². The molecule has 2 aromatic rings. The van der Waals surface area contributed by atoms with Gasteiger partial charge in [0.1, 0.15) is 5.76 Å². The number of nitrogens with zero attached hydrogens (tertiary/aromatic N) is 1. The first kappa shape index (κ1) is 18.7. The van der Waals surface area contributed by atoms with Crippen molar-refractivity contribution in [3.05, 3.63) is 59.0 Å². The van der Waals surface area contributed by atoms with Gasteiger partial charge in [0, 0.05) is 30.6 Å². The standard InChI is InChI=1S/C21H28N2O3/c1-21(2,3)19-16(12-18(26-19)20(22)24)13-23-9-10-25-17(14-23)11-15-7-5-4-6-8-15/h4-8,12,17H,9-11,13-14H2,1-3H3,(H2,22,24). The highest BCUT2D eigenvalue weighted by Crippen LogP contribution is 2.30. The lowest BCUT2D eigenvalue weighted by Crippen LogP contribution is -2.43. The summed E-state index contributed by atoms with van der Waals surface area (Å²) in [5, 5.41) is 0. The number of ether oxygens (including phenoxy) is 1. The van der Waals surface area contributed by atoms with Crippen LogP contribution < -0.4 is 5.73 Å². The SMILES string of the molecule is CC(C)(C)c1oc(C(N)=O)cc1CN1CCOC(Cc2ccccc2)C1. The predicted octanol–water partition coefficient (Wildman–Crippen LogP) is 3.12. The van der Waals surface area contributed by atoms with E-state index in [-0.39, 0.29) is 17.3 Å². The van der Waals surface area contributed by atoms with Gasteiger partial charge in [-0.05, 0) is 18.1 Å². The first-order chi connectivity index (χ1) is 12.3. The Kier molecular flexibility index (Phi) is 5.49. The minimum atomic E-state index is -0.523. The molecule has 2 N–H and O–H groups in total. The molecule has 0 saturated carbocycles. The molecule has 26 heavy (non-hydrogen) atoms. The third kappa shape index (κ3) is 4.54. The lowest BCUT2D eigenvalue weighted by Gasteiger charge is -2.33. The number of morpholine rings is 1. The normalized spacial score (nSPS) is 18.8. The minimum Gasteiger partial charge on any atom is -0.455 e. The van der Waals surface area contributed by atoms with Gasteiger partial charge in [-0.2, -0.15) is 0 Å². The van der Waals surface area contributed by atoms with Crippen LogP contribution in [0.2, 0.25) is 0 Å². The number of primary amides is 1. The van der Waals surface area contributed by atoms with Crippen LogP contribution in [-0.4, -0.2) is 36.6 Å². The molecule has 2 heterocycles. The molecular weight excluding hydrogens is 328 g/mol. The maximum Gasteiger partial charge on any atom is 0.284 e. The second-order valence-electron chi connectivity index (χ2n) is 8.00. The van der Waals surface area contributed by atoms with Crippen molar-refractivity contribution < 1.29 is 13.9 Å². The number of rotatable bonds is 5. The molecule has 0 bridgehead atoms. The van der Waals surface area contributed by atoms with Crippen molar-refractivity contribution in [1.82, 2.24) is 4.90 Å². The van der Waals surface area contributed by atoms with Crippen molar-refractivity contribution in [3.63, 3.8) is 0 Å². The fourth-order valence-corrected chi connectivity index (χ4v) is 3.47. The first-order valence-electron chi connectivity index (χ1n) is 9.14. The van der Waals surface area contributed by atoms with Crippen LogP contribution in [0.25, 0.3) is 0 Å². The van der Waals surface area contributed by atoms with E-state index in [0.717, 1.165) is 37.4 Å². The number of furan rings is 1. The molecule has 3 rings (SSSR count). The summed E-state index contributed by atoms with van der Waals surface area (Å²) in [6, 6.07) is 12.2. The Hall–Kier alpha value is -2.11. The van der Waals surface area contributed by atoms with Gasteiger partial charge in [0.05, 0.1) is 12.7 Å². The molecule has 1 aromatic carbocycles. The number of benzene rings is 1. The fraction of sp³-hybridized carbons (Fsp3) is 0.476. The third-order valence-corrected chi connectivity index (χ3v) is 4.66. The van der Waals surface area contributed by atoms with Gasteiger partial charge in [0.25, 0.3) is 5.91 Å². The molecule has 1 unspecified atom stereocenters. The Bertz CT molecular complexity index is 746. The molecular formula is C21H28N2O3. The summed E-state index contributed by atoms with van der Waals surface area (Å²) in [4.78, 5) is 13.9. The number of carbonyl (C=O) groups excluding carboxylic acids is 1. The Morgan fingerprint density at radius 2 is 2.00 bits per heavy atom. The third-order valence-electron chi connectivity index (χ3n) is 4.66. The van der Waals surface area contributed by atoms with Crippen molar-refractivity contribution in [2.24, 2.45) is 5.73 Å². The van der Waals surface area contributed by atoms with E-state index >= 15 is 0 Å². The van der Waals surface area contributed by atoms with Crippen molar-refractivity contribution in [3.8, 4) is 0 Å². The predicted molar refractivity (Wildman–Crippen MR) is 101 cm³/mol. The maximum atomic E-state index is 11.5. The van der Waals surface area contributed by atoms with E-state index < -0.39 is 5.91 Å². The first-order valence-corrected chi connectivity index (χ1v) is 9.14. The summed E-state index contributed by atoms with van der Waals surface area (Å²) in [6.45, 7) is 9.41. The van der Waals surface area contributed by atoms with Gasteiger partial charge >= 0.3 is 0 Å². The number of amides is 1. The van der Waals surface area contributed by atoms with Gasteiger partial charge in [-0.3, -0.25) is 9.69 Å². The summed E-state index contributed by atoms with van der Waals surface area (Å²) < 4.78 is 11.7. The van der Waals surface area contributed by atoms with E-state index in [1.165, 1.54) is 5.56 Å². The number of hydrogen-bond donors (Lipinski definition) is 1. The van der Waals surface area contributed by atoms with E-state index in [2.05, 4.69) is 49.9 Å². The van der Waals surface area contributed by atoms with Crippen molar-refractivity contribution in [2.75, 3.05) is 19.7 Å². The summed E-state index contributed by atoms with van der Waals surface area (Å²) in [7, 11) is 0. The average Bonchev–Trinajstić information content (AvgIpc) is 3.00. The minimum absolute atomic E-state index is 0.173. The molecule has 1 aliphatic heterocycles. The molecule has 1 aliphatic rings. The molecule has 1 atom stereocenters. The molecule has 1 saturated heterocycles. The van der Waals surface area contributed by atoms with Crippen LogP contribution in [0.5, 0.6) is 0 Å². The summed E-state index contributed by atoms with van der Waals surface area (Å²) in [5.41, 5.74) is 7.55. The Labute approximate surface area is 155 Å². The Balaban J connectivity index is 1.71. The molecule has 140 valence electrons. The second kappa shape index (κ2) is 7.64. The molecule has 0 spiro atoms. The van der Waals surface area contributed by atoms with Crippen molar-refractivity contribution in [1.29, 1.82) is 0 Å². The lowest BCUT2D eigenvalue weighted by atomic mass is 9.90. The van der Waals surface area contributed by atoms with E-state index in [1.54, 1.807) is 6.07 Å². The summed E-state index contributed by atoms with van der Waals surface area (Å²) in [5.74, 6) is 0.544. The lowest BCUT2D eigenvalue weighted by molar-refractivity contribution is -0.0307. The van der Waals surface area contributed by atoms with Gasteiger partial charge in [0.15, 0.2) is 5.76 Å². The Morgan fingerprint density at radius 3 is 2.65 bits per heavy atom. The zero-order valence-corrected chi connectivity index (χ0v) is 15.8. The second-order valence-corrected chi connectivity index (χ2v) is 8.00. The number of hydrogen-bond acceptors (Lipinski definition) is 4. The highest BCUT2D eigenvalue weighted by Gasteiger charge is 2.28. The van der Waals surface area contributed by atoms with Gasteiger partial charge in [-0.1, -0.05) is 51.1 Å². The topological polar surface area (TPSA) is 68.7 Å². The van der Waals surface area contributed by atoms with Gasteiger partial charge < -0.3 is 14.9 Å². The van der Waals surface area contributed by atoms with Crippen molar-refractivity contribution in [2.45, 2.75) is 45.3 Å². The molecule has 1 amide bonds. The molecule has 1 fully saturated rings. The maximum absolute atomic E-state index is 11.5. The monoisotopic (exact) mass is 356 g/mol. The van der Waals surface area contributed by atoms with Crippen LogP contribution in [-0.2, 0) is 23.1 Å². The molecule has 5 nitrogen and oxygen atoms in total. The van der Waals surface area contributed by atoms with Crippen LogP contribution in [0.3, 0.4) is 0 Å². The zero-order valence-electron chi connectivity index (χ0n) is 15.8. The molecule has 0 radical (unpaired) electrons. The van der Waals surface area contributed by atoms with Crippen molar-refractivity contribution >= 4 is 5.91 Å². The van der Waals surface area contributed by atoms with Crippen LogP contribution >= 0.6 is 0 Å². The van der Waals surface area contributed by atoms with E-state index in [9.17, 15) is 4.79 Å². The largest absolute Gasteiger partial charge is 0.455 e. The van der Waals surface area contributed by atoms with Crippen LogP contribution in [0, 0.1) is 0 Å². The summed E-state index contributed by atoms with van der Waals surface area (Å²) >= 11 is 0. The zero-order chi connectivity index (χ0) is 18.7. The molecule has 5 heteroatoms.